The highest BCUT2D eigenvalue weighted by Crippen LogP contribution is 2.29. The van der Waals surface area contributed by atoms with Crippen LogP contribution in [0.3, 0.4) is 0 Å². The van der Waals surface area contributed by atoms with Gasteiger partial charge in [0.2, 0.25) is 0 Å². The number of rotatable bonds is 5. The predicted octanol–water partition coefficient (Wildman–Crippen LogP) is 2.60. The Hall–Kier alpha value is -1.68. The van der Waals surface area contributed by atoms with Crippen molar-refractivity contribution in [1.29, 1.82) is 0 Å². The van der Waals surface area contributed by atoms with E-state index in [4.69, 9.17) is 11.5 Å². The van der Waals surface area contributed by atoms with E-state index in [0.29, 0.717) is 0 Å². The van der Waals surface area contributed by atoms with Gasteiger partial charge in [0.25, 0.3) is 0 Å². The molecule has 0 aromatic heterocycles. The smallest absolute Gasteiger partial charge is 0.0381 e. The average Bonchev–Trinajstić information content (AvgIpc) is 2.58. The lowest BCUT2D eigenvalue weighted by Gasteiger charge is -2.44. The maximum atomic E-state index is 6.73. The maximum absolute atomic E-state index is 6.73. The van der Waals surface area contributed by atoms with Crippen molar-refractivity contribution in [3.8, 4) is 0 Å². The summed E-state index contributed by atoms with van der Waals surface area (Å²) in [4.78, 5) is 0. The molecule has 1 fully saturated rings. The number of hydrogen-bond acceptors (Lipinski definition) is 3. The van der Waals surface area contributed by atoms with E-state index in [1.807, 2.05) is 12.1 Å². The average molecular weight is 309 g/mol. The van der Waals surface area contributed by atoms with Crippen molar-refractivity contribution in [2.75, 3.05) is 0 Å². The van der Waals surface area contributed by atoms with Crippen LogP contribution in [0.25, 0.3) is 0 Å². The lowest BCUT2D eigenvalue weighted by molar-refractivity contribution is 0.199. The van der Waals surface area contributed by atoms with Gasteiger partial charge in [-0.25, -0.2) is 0 Å². The third kappa shape index (κ3) is 3.99. The summed E-state index contributed by atoms with van der Waals surface area (Å²) >= 11 is 0. The SMILES string of the molecule is NC1C(NCc2ccccc2)CCCC1(N)Cc1ccccc1. The van der Waals surface area contributed by atoms with Crippen LogP contribution in [0, 0.1) is 0 Å². The van der Waals surface area contributed by atoms with Crippen LogP contribution in [-0.2, 0) is 13.0 Å². The van der Waals surface area contributed by atoms with E-state index < -0.39 is 0 Å². The van der Waals surface area contributed by atoms with Gasteiger partial charge in [0.15, 0.2) is 0 Å². The second-order valence-electron chi connectivity index (χ2n) is 6.79. The summed E-state index contributed by atoms with van der Waals surface area (Å²) < 4.78 is 0. The van der Waals surface area contributed by atoms with Gasteiger partial charge in [-0.1, -0.05) is 60.7 Å². The van der Waals surface area contributed by atoms with Crippen LogP contribution in [0.2, 0.25) is 0 Å². The molecule has 1 aliphatic carbocycles. The Balaban J connectivity index is 1.64. The van der Waals surface area contributed by atoms with Crippen molar-refractivity contribution in [2.24, 2.45) is 11.5 Å². The van der Waals surface area contributed by atoms with Gasteiger partial charge in [0, 0.05) is 24.2 Å². The first-order valence-electron chi connectivity index (χ1n) is 8.53. The first-order valence-corrected chi connectivity index (χ1v) is 8.53. The Bertz CT molecular complexity index is 599. The molecule has 0 radical (unpaired) electrons. The summed E-state index contributed by atoms with van der Waals surface area (Å²) in [5.41, 5.74) is 15.5. The molecule has 0 amide bonds. The van der Waals surface area contributed by atoms with Gasteiger partial charge in [0.05, 0.1) is 0 Å². The van der Waals surface area contributed by atoms with Crippen molar-refractivity contribution in [3.63, 3.8) is 0 Å². The fourth-order valence-corrected chi connectivity index (χ4v) is 3.65. The molecule has 0 spiro atoms. The Morgan fingerprint density at radius 1 is 0.957 bits per heavy atom. The van der Waals surface area contributed by atoms with Crippen LogP contribution in [0.5, 0.6) is 0 Å². The maximum Gasteiger partial charge on any atom is 0.0381 e. The zero-order valence-corrected chi connectivity index (χ0v) is 13.6. The van der Waals surface area contributed by atoms with Crippen molar-refractivity contribution in [2.45, 2.75) is 49.9 Å². The molecule has 5 N–H and O–H groups in total. The van der Waals surface area contributed by atoms with Crippen LogP contribution >= 0.6 is 0 Å². The summed E-state index contributed by atoms with van der Waals surface area (Å²) in [5.74, 6) is 0. The van der Waals surface area contributed by atoms with Gasteiger partial charge in [-0.2, -0.15) is 0 Å². The minimum atomic E-state index is -0.325. The zero-order valence-electron chi connectivity index (χ0n) is 13.6. The molecule has 3 atom stereocenters. The fraction of sp³-hybridized carbons (Fsp3) is 0.400. The molecule has 2 aromatic carbocycles. The lowest BCUT2D eigenvalue weighted by Crippen LogP contribution is -2.66. The monoisotopic (exact) mass is 309 g/mol. The van der Waals surface area contributed by atoms with Gasteiger partial charge < -0.3 is 16.8 Å². The lowest BCUT2D eigenvalue weighted by atomic mass is 9.72. The highest BCUT2D eigenvalue weighted by molar-refractivity contribution is 5.21. The van der Waals surface area contributed by atoms with Crippen LogP contribution in [0.4, 0.5) is 0 Å². The highest BCUT2D eigenvalue weighted by atomic mass is 15.0. The molecule has 1 aliphatic rings. The van der Waals surface area contributed by atoms with Gasteiger partial charge >= 0.3 is 0 Å². The van der Waals surface area contributed by atoms with Crippen LogP contribution in [0.15, 0.2) is 60.7 Å². The summed E-state index contributed by atoms with van der Waals surface area (Å²) in [6.07, 6.45) is 4.07. The molecule has 0 bridgehead atoms. The molecule has 122 valence electrons. The van der Waals surface area contributed by atoms with Crippen molar-refractivity contribution in [3.05, 3.63) is 71.8 Å². The quantitative estimate of drug-likeness (QED) is 0.795. The van der Waals surface area contributed by atoms with Gasteiger partial charge in [-0.3, -0.25) is 0 Å². The third-order valence-electron chi connectivity index (χ3n) is 5.04. The minimum Gasteiger partial charge on any atom is -0.325 e. The Morgan fingerprint density at radius 3 is 2.22 bits per heavy atom. The molecule has 3 heteroatoms. The van der Waals surface area contributed by atoms with Gasteiger partial charge in [-0.15, -0.1) is 0 Å². The third-order valence-corrected chi connectivity index (χ3v) is 5.04. The molecule has 3 nitrogen and oxygen atoms in total. The Labute approximate surface area is 139 Å². The van der Waals surface area contributed by atoms with E-state index in [1.165, 1.54) is 11.1 Å². The molecule has 23 heavy (non-hydrogen) atoms. The fourth-order valence-electron chi connectivity index (χ4n) is 3.65. The molecule has 0 heterocycles. The van der Waals surface area contributed by atoms with Crippen LogP contribution in [-0.4, -0.2) is 17.6 Å². The highest BCUT2D eigenvalue weighted by Gasteiger charge is 2.40. The van der Waals surface area contributed by atoms with Gasteiger partial charge in [-0.05, 0) is 36.8 Å². The van der Waals surface area contributed by atoms with E-state index in [0.717, 1.165) is 32.2 Å². The number of benzene rings is 2. The largest absolute Gasteiger partial charge is 0.325 e. The topological polar surface area (TPSA) is 64.1 Å². The first kappa shape index (κ1) is 16.2. The molecule has 3 rings (SSSR count). The zero-order chi connectivity index (χ0) is 16.1. The molecule has 0 aliphatic heterocycles. The van der Waals surface area contributed by atoms with Crippen LogP contribution < -0.4 is 16.8 Å². The number of hydrogen-bond donors (Lipinski definition) is 3. The molecular weight excluding hydrogens is 282 g/mol. The Morgan fingerprint density at radius 2 is 1.57 bits per heavy atom. The molecule has 1 saturated carbocycles. The summed E-state index contributed by atoms with van der Waals surface area (Å²) in [7, 11) is 0. The summed E-state index contributed by atoms with van der Waals surface area (Å²) in [6.45, 7) is 0.848. The van der Waals surface area contributed by atoms with Crippen LogP contribution in [0.1, 0.15) is 30.4 Å². The normalized spacial score (nSPS) is 27.7. The molecule has 0 saturated heterocycles. The van der Waals surface area contributed by atoms with Crippen molar-refractivity contribution in [1.82, 2.24) is 5.32 Å². The number of nitrogens with one attached hydrogen (secondary N) is 1. The van der Waals surface area contributed by atoms with E-state index in [2.05, 4.69) is 53.8 Å². The van der Waals surface area contributed by atoms with E-state index in [-0.39, 0.29) is 17.6 Å². The Kier molecular flexibility index (Phi) is 5.11. The van der Waals surface area contributed by atoms with Crippen molar-refractivity contribution < 1.29 is 0 Å². The first-order chi connectivity index (χ1) is 11.2. The second-order valence-corrected chi connectivity index (χ2v) is 6.79. The summed E-state index contributed by atoms with van der Waals surface area (Å²) in [6, 6.07) is 21.2. The van der Waals surface area contributed by atoms with E-state index in [9.17, 15) is 0 Å². The van der Waals surface area contributed by atoms with Gasteiger partial charge in [0.1, 0.15) is 0 Å². The predicted molar refractivity (Wildman–Crippen MR) is 96.0 cm³/mol. The van der Waals surface area contributed by atoms with E-state index in [1.54, 1.807) is 0 Å². The summed E-state index contributed by atoms with van der Waals surface area (Å²) in [5, 5.41) is 3.62. The second kappa shape index (κ2) is 7.26. The molecular formula is C20H27N3. The minimum absolute atomic E-state index is 0.0276. The molecule has 3 unspecified atom stereocenters. The standard InChI is InChI=1S/C20H27N3/c21-19-18(23-15-17-10-5-2-6-11-17)12-7-13-20(19,22)14-16-8-3-1-4-9-16/h1-6,8-11,18-19,23H,7,12-15,21-22H2. The number of nitrogens with two attached hydrogens (primary N) is 2. The molecule has 2 aromatic rings. The van der Waals surface area contributed by atoms with Crippen molar-refractivity contribution >= 4 is 0 Å². The van der Waals surface area contributed by atoms with E-state index >= 15 is 0 Å².